The summed E-state index contributed by atoms with van der Waals surface area (Å²) < 4.78 is 10.7. The second-order valence-corrected chi connectivity index (χ2v) is 5.42. The number of aromatic nitrogens is 2. The Bertz CT molecular complexity index is 494. The maximum atomic E-state index is 11.9. The molecule has 1 aromatic rings. The molecule has 20 heavy (non-hydrogen) atoms. The van der Waals surface area contributed by atoms with Crippen LogP contribution < -0.4 is 0 Å². The first kappa shape index (κ1) is 13.5. The minimum absolute atomic E-state index is 0.232. The van der Waals surface area contributed by atoms with Crippen molar-refractivity contribution in [2.45, 2.75) is 51.0 Å². The Labute approximate surface area is 118 Å². The van der Waals surface area contributed by atoms with Gasteiger partial charge in [-0.05, 0) is 32.6 Å². The standard InChI is InChI=1S/C15H20N2O3/c1-2-19-15(18)12-9-16-13(8-11-4-3-7-20-11)17-14(12)10-5-6-10/h9-11H,2-8H2,1H3. The molecule has 5 heteroatoms. The van der Waals surface area contributed by atoms with Gasteiger partial charge in [0, 0.05) is 25.1 Å². The first-order valence-electron chi connectivity index (χ1n) is 7.42. The molecule has 108 valence electrons. The van der Waals surface area contributed by atoms with Crippen molar-refractivity contribution in [1.82, 2.24) is 9.97 Å². The minimum atomic E-state index is -0.307. The Balaban J connectivity index is 1.79. The van der Waals surface area contributed by atoms with Crippen LogP contribution in [0.15, 0.2) is 6.20 Å². The number of carbonyl (C=O) groups is 1. The summed E-state index contributed by atoms with van der Waals surface area (Å²) in [6.45, 7) is 3.02. The molecule has 2 fully saturated rings. The number of carbonyl (C=O) groups excluding carboxylic acids is 1. The molecule has 2 aliphatic rings. The number of hydrogen-bond acceptors (Lipinski definition) is 5. The van der Waals surface area contributed by atoms with Gasteiger partial charge < -0.3 is 9.47 Å². The monoisotopic (exact) mass is 276 g/mol. The highest BCUT2D eigenvalue weighted by Gasteiger charge is 2.31. The predicted octanol–water partition coefficient (Wildman–Crippen LogP) is 2.25. The Morgan fingerprint density at radius 1 is 1.45 bits per heavy atom. The molecule has 1 saturated heterocycles. The van der Waals surface area contributed by atoms with E-state index in [-0.39, 0.29) is 12.1 Å². The molecule has 5 nitrogen and oxygen atoms in total. The smallest absolute Gasteiger partial charge is 0.341 e. The van der Waals surface area contributed by atoms with E-state index in [4.69, 9.17) is 9.47 Å². The lowest BCUT2D eigenvalue weighted by Crippen LogP contribution is -2.15. The summed E-state index contributed by atoms with van der Waals surface area (Å²) in [5.74, 6) is 0.880. The number of rotatable bonds is 5. The van der Waals surface area contributed by atoms with Crippen molar-refractivity contribution >= 4 is 5.97 Å². The van der Waals surface area contributed by atoms with Crippen LogP contribution in [-0.2, 0) is 15.9 Å². The van der Waals surface area contributed by atoms with Crippen LogP contribution in [0.25, 0.3) is 0 Å². The molecular formula is C15H20N2O3. The second kappa shape index (κ2) is 5.87. The van der Waals surface area contributed by atoms with Crippen molar-refractivity contribution in [3.05, 3.63) is 23.3 Å². The average Bonchev–Trinajstić information content (AvgIpc) is 3.18. The Hall–Kier alpha value is -1.49. The number of esters is 1. The van der Waals surface area contributed by atoms with E-state index in [1.807, 2.05) is 0 Å². The molecule has 1 atom stereocenters. The fourth-order valence-electron chi connectivity index (χ4n) is 2.57. The van der Waals surface area contributed by atoms with Crippen molar-refractivity contribution < 1.29 is 14.3 Å². The molecular weight excluding hydrogens is 256 g/mol. The minimum Gasteiger partial charge on any atom is -0.462 e. The van der Waals surface area contributed by atoms with E-state index < -0.39 is 0 Å². The predicted molar refractivity (Wildman–Crippen MR) is 72.6 cm³/mol. The first-order valence-corrected chi connectivity index (χ1v) is 7.42. The summed E-state index contributed by atoms with van der Waals surface area (Å²) in [7, 11) is 0. The normalized spacial score (nSPS) is 21.9. The van der Waals surface area contributed by atoms with Crippen LogP contribution >= 0.6 is 0 Å². The fourth-order valence-corrected chi connectivity index (χ4v) is 2.57. The van der Waals surface area contributed by atoms with Crippen LogP contribution in [0.3, 0.4) is 0 Å². The maximum Gasteiger partial charge on any atom is 0.341 e. The summed E-state index contributed by atoms with van der Waals surface area (Å²) in [6.07, 6.45) is 6.98. The van der Waals surface area contributed by atoms with E-state index >= 15 is 0 Å². The van der Waals surface area contributed by atoms with Crippen molar-refractivity contribution in [3.8, 4) is 0 Å². The van der Waals surface area contributed by atoms with E-state index in [1.165, 1.54) is 0 Å². The highest BCUT2D eigenvalue weighted by molar-refractivity contribution is 5.90. The molecule has 1 aliphatic carbocycles. The molecule has 0 N–H and O–H groups in total. The zero-order valence-corrected chi connectivity index (χ0v) is 11.8. The van der Waals surface area contributed by atoms with Gasteiger partial charge >= 0.3 is 5.97 Å². The van der Waals surface area contributed by atoms with Gasteiger partial charge in [0.1, 0.15) is 5.82 Å². The van der Waals surface area contributed by atoms with Crippen LogP contribution in [0, 0.1) is 0 Å². The highest BCUT2D eigenvalue weighted by atomic mass is 16.5. The van der Waals surface area contributed by atoms with Crippen LogP contribution in [0.5, 0.6) is 0 Å². The fraction of sp³-hybridized carbons (Fsp3) is 0.667. The van der Waals surface area contributed by atoms with Gasteiger partial charge in [0.25, 0.3) is 0 Å². The van der Waals surface area contributed by atoms with Crippen LogP contribution in [0.2, 0.25) is 0 Å². The number of ether oxygens (including phenoxy) is 2. The SMILES string of the molecule is CCOC(=O)c1cnc(CC2CCCO2)nc1C1CC1. The average molecular weight is 276 g/mol. The zero-order valence-electron chi connectivity index (χ0n) is 11.8. The Morgan fingerprint density at radius 3 is 2.95 bits per heavy atom. The number of nitrogens with zero attached hydrogens (tertiary/aromatic N) is 2. The van der Waals surface area contributed by atoms with Crippen molar-refractivity contribution in [3.63, 3.8) is 0 Å². The van der Waals surface area contributed by atoms with Crippen LogP contribution in [0.1, 0.15) is 60.4 Å². The van der Waals surface area contributed by atoms with Gasteiger partial charge in [-0.3, -0.25) is 0 Å². The summed E-state index contributed by atoms with van der Waals surface area (Å²) in [5, 5.41) is 0. The van der Waals surface area contributed by atoms with Gasteiger partial charge in [-0.25, -0.2) is 14.8 Å². The van der Waals surface area contributed by atoms with Gasteiger partial charge in [-0.15, -0.1) is 0 Å². The molecule has 1 aromatic heterocycles. The third-order valence-electron chi connectivity index (χ3n) is 3.76. The zero-order chi connectivity index (χ0) is 13.9. The van der Waals surface area contributed by atoms with Crippen LogP contribution in [-0.4, -0.2) is 35.3 Å². The van der Waals surface area contributed by atoms with E-state index in [2.05, 4.69) is 9.97 Å². The van der Waals surface area contributed by atoms with Crippen molar-refractivity contribution in [1.29, 1.82) is 0 Å². The lowest BCUT2D eigenvalue weighted by Gasteiger charge is -2.11. The molecule has 0 spiro atoms. The van der Waals surface area contributed by atoms with Gasteiger partial charge in [0.05, 0.1) is 24.0 Å². The van der Waals surface area contributed by atoms with Gasteiger partial charge in [-0.1, -0.05) is 0 Å². The molecule has 0 bridgehead atoms. The quantitative estimate of drug-likeness (QED) is 0.772. The van der Waals surface area contributed by atoms with Crippen molar-refractivity contribution in [2.75, 3.05) is 13.2 Å². The molecule has 0 amide bonds. The van der Waals surface area contributed by atoms with Gasteiger partial charge in [-0.2, -0.15) is 0 Å². The molecule has 2 heterocycles. The Kier molecular flexibility index (Phi) is 3.96. The molecule has 3 rings (SSSR count). The third-order valence-corrected chi connectivity index (χ3v) is 3.76. The summed E-state index contributed by atoms with van der Waals surface area (Å²) in [4.78, 5) is 20.9. The molecule has 1 saturated carbocycles. The maximum absolute atomic E-state index is 11.9. The van der Waals surface area contributed by atoms with E-state index in [1.54, 1.807) is 13.1 Å². The molecule has 1 unspecified atom stereocenters. The lowest BCUT2D eigenvalue weighted by molar-refractivity contribution is 0.0523. The van der Waals surface area contributed by atoms with Crippen LogP contribution in [0.4, 0.5) is 0 Å². The van der Waals surface area contributed by atoms with E-state index in [0.717, 1.165) is 50.2 Å². The van der Waals surface area contributed by atoms with Gasteiger partial charge in [0.2, 0.25) is 0 Å². The van der Waals surface area contributed by atoms with E-state index in [9.17, 15) is 4.79 Å². The highest BCUT2D eigenvalue weighted by Crippen LogP contribution is 2.40. The molecule has 1 aliphatic heterocycles. The topological polar surface area (TPSA) is 61.3 Å². The first-order chi connectivity index (χ1) is 9.78. The summed E-state index contributed by atoms with van der Waals surface area (Å²) in [6, 6.07) is 0. The molecule has 0 radical (unpaired) electrons. The number of hydrogen-bond donors (Lipinski definition) is 0. The largest absolute Gasteiger partial charge is 0.462 e. The van der Waals surface area contributed by atoms with Crippen molar-refractivity contribution in [2.24, 2.45) is 0 Å². The van der Waals surface area contributed by atoms with Gasteiger partial charge in [0.15, 0.2) is 0 Å². The Morgan fingerprint density at radius 2 is 2.30 bits per heavy atom. The summed E-state index contributed by atoms with van der Waals surface area (Å²) in [5.41, 5.74) is 1.40. The van der Waals surface area contributed by atoms with E-state index in [0.29, 0.717) is 18.1 Å². The third kappa shape index (κ3) is 2.98. The molecule has 0 aromatic carbocycles. The summed E-state index contributed by atoms with van der Waals surface area (Å²) >= 11 is 0. The second-order valence-electron chi connectivity index (χ2n) is 5.42. The lowest BCUT2D eigenvalue weighted by atomic mass is 10.1.